The summed E-state index contributed by atoms with van der Waals surface area (Å²) in [5.74, 6) is -0.223. The SMILES string of the molecule is N#Cc1c(N)ncc(C(F)F)c1C=O. The van der Waals surface area contributed by atoms with Crippen LogP contribution in [0, 0.1) is 11.3 Å². The molecule has 72 valence electrons. The molecule has 0 aromatic carbocycles. The highest BCUT2D eigenvalue weighted by Gasteiger charge is 2.18. The summed E-state index contributed by atoms with van der Waals surface area (Å²) in [5, 5.41) is 8.56. The van der Waals surface area contributed by atoms with Crippen LogP contribution in [0.1, 0.15) is 27.9 Å². The van der Waals surface area contributed by atoms with Crippen LogP contribution in [0.25, 0.3) is 0 Å². The Kier molecular flexibility index (Phi) is 2.72. The molecular formula is C8H5F2N3O. The number of aromatic nitrogens is 1. The van der Waals surface area contributed by atoms with Gasteiger partial charge in [0.25, 0.3) is 6.43 Å². The van der Waals surface area contributed by atoms with Crippen molar-refractivity contribution in [3.8, 4) is 6.07 Å². The first-order valence-corrected chi connectivity index (χ1v) is 3.53. The van der Waals surface area contributed by atoms with E-state index in [0.717, 1.165) is 6.20 Å². The molecule has 0 spiro atoms. The first-order chi connectivity index (χ1) is 6.61. The average Bonchev–Trinajstić information content (AvgIpc) is 2.16. The van der Waals surface area contributed by atoms with E-state index in [0.29, 0.717) is 0 Å². The third-order valence-corrected chi connectivity index (χ3v) is 1.64. The van der Waals surface area contributed by atoms with Gasteiger partial charge in [0, 0.05) is 17.3 Å². The van der Waals surface area contributed by atoms with E-state index in [9.17, 15) is 13.6 Å². The third-order valence-electron chi connectivity index (χ3n) is 1.64. The van der Waals surface area contributed by atoms with Gasteiger partial charge in [0.2, 0.25) is 0 Å². The molecule has 4 nitrogen and oxygen atoms in total. The number of pyridine rings is 1. The number of nitrogen functional groups attached to an aromatic ring is 1. The Balaban J connectivity index is 3.50. The predicted octanol–water partition coefficient (Wildman–Crippen LogP) is 1.29. The van der Waals surface area contributed by atoms with Gasteiger partial charge in [-0.05, 0) is 0 Å². The van der Waals surface area contributed by atoms with E-state index in [-0.39, 0.29) is 17.7 Å². The molecule has 1 aromatic rings. The van der Waals surface area contributed by atoms with Crippen LogP contribution in [0.2, 0.25) is 0 Å². The molecule has 1 heterocycles. The molecule has 0 unspecified atom stereocenters. The van der Waals surface area contributed by atoms with Gasteiger partial charge in [-0.3, -0.25) is 4.79 Å². The molecular weight excluding hydrogens is 192 g/mol. The van der Waals surface area contributed by atoms with Crippen LogP contribution in [0.4, 0.5) is 14.6 Å². The van der Waals surface area contributed by atoms with Gasteiger partial charge in [-0.2, -0.15) is 5.26 Å². The zero-order chi connectivity index (χ0) is 10.7. The summed E-state index contributed by atoms with van der Waals surface area (Å²) >= 11 is 0. The fourth-order valence-corrected chi connectivity index (χ4v) is 0.974. The molecule has 0 saturated heterocycles. The summed E-state index contributed by atoms with van der Waals surface area (Å²) in [6, 6.07) is 1.56. The number of nitrogens with zero attached hydrogens (tertiary/aromatic N) is 2. The number of carbonyl (C=O) groups is 1. The van der Waals surface area contributed by atoms with Crippen molar-refractivity contribution >= 4 is 12.1 Å². The molecule has 0 bridgehead atoms. The third kappa shape index (κ3) is 1.52. The van der Waals surface area contributed by atoms with E-state index >= 15 is 0 Å². The molecule has 0 amide bonds. The number of carbonyl (C=O) groups excluding carboxylic acids is 1. The van der Waals surface area contributed by atoms with Crippen LogP contribution < -0.4 is 5.73 Å². The molecule has 0 fully saturated rings. The number of halogens is 2. The van der Waals surface area contributed by atoms with Crippen LogP contribution in [0.3, 0.4) is 0 Å². The zero-order valence-electron chi connectivity index (χ0n) is 6.87. The molecule has 0 aliphatic heterocycles. The van der Waals surface area contributed by atoms with Crippen LogP contribution in [0.15, 0.2) is 6.20 Å². The van der Waals surface area contributed by atoms with Crippen molar-refractivity contribution < 1.29 is 13.6 Å². The highest BCUT2D eigenvalue weighted by atomic mass is 19.3. The second-order valence-corrected chi connectivity index (χ2v) is 2.42. The smallest absolute Gasteiger partial charge is 0.266 e. The Morgan fingerprint density at radius 1 is 1.64 bits per heavy atom. The van der Waals surface area contributed by atoms with Gasteiger partial charge in [-0.15, -0.1) is 0 Å². The quantitative estimate of drug-likeness (QED) is 0.724. The average molecular weight is 197 g/mol. The van der Waals surface area contributed by atoms with Crippen molar-refractivity contribution in [1.82, 2.24) is 4.98 Å². The fraction of sp³-hybridized carbons (Fsp3) is 0.125. The Morgan fingerprint density at radius 3 is 2.71 bits per heavy atom. The molecule has 14 heavy (non-hydrogen) atoms. The standard InChI is InChI=1S/C8H5F2N3O/c9-7(10)5-2-13-8(12)4(1-11)6(5)3-14/h2-3,7H,(H2,12,13). The number of rotatable bonds is 2. The number of nitriles is 1. The summed E-state index contributed by atoms with van der Waals surface area (Å²) < 4.78 is 24.6. The van der Waals surface area contributed by atoms with Crippen LogP contribution >= 0.6 is 0 Å². The lowest BCUT2D eigenvalue weighted by atomic mass is 10.1. The van der Waals surface area contributed by atoms with Crippen molar-refractivity contribution in [1.29, 1.82) is 5.26 Å². The Labute approximate surface area is 78.0 Å². The van der Waals surface area contributed by atoms with E-state index in [4.69, 9.17) is 11.0 Å². The highest BCUT2D eigenvalue weighted by molar-refractivity contribution is 5.84. The Hall–Kier alpha value is -2.03. The van der Waals surface area contributed by atoms with Crippen molar-refractivity contribution in [3.63, 3.8) is 0 Å². The molecule has 1 aromatic heterocycles. The second kappa shape index (κ2) is 3.79. The summed E-state index contributed by atoms with van der Waals surface area (Å²) in [7, 11) is 0. The number of hydrogen-bond donors (Lipinski definition) is 1. The predicted molar refractivity (Wildman–Crippen MR) is 43.7 cm³/mol. The largest absolute Gasteiger partial charge is 0.383 e. The lowest BCUT2D eigenvalue weighted by molar-refractivity contribution is 0.110. The maximum atomic E-state index is 12.3. The maximum absolute atomic E-state index is 12.3. The van der Waals surface area contributed by atoms with Gasteiger partial charge >= 0.3 is 0 Å². The van der Waals surface area contributed by atoms with E-state index in [1.807, 2.05) is 0 Å². The van der Waals surface area contributed by atoms with Crippen LogP contribution in [0.5, 0.6) is 0 Å². The molecule has 0 atom stereocenters. The molecule has 2 N–H and O–H groups in total. The summed E-state index contributed by atoms with van der Waals surface area (Å²) in [5.41, 5.74) is 3.96. The van der Waals surface area contributed by atoms with Gasteiger partial charge in [-0.1, -0.05) is 0 Å². The van der Waals surface area contributed by atoms with Gasteiger partial charge in [0.05, 0.1) is 0 Å². The Morgan fingerprint density at radius 2 is 2.29 bits per heavy atom. The first kappa shape index (κ1) is 10.1. The summed E-state index contributed by atoms with van der Waals surface area (Å²) in [6.07, 6.45) is -1.88. The number of aldehydes is 1. The van der Waals surface area contributed by atoms with Crippen molar-refractivity contribution in [3.05, 3.63) is 22.9 Å². The first-order valence-electron chi connectivity index (χ1n) is 3.53. The number of alkyl halides is 2. The van der Waals surface area contributed by atoms with E-state index in [1.165, 1.54) is 0 Å². The highest BCUT2D eigenvalue weighted by Crippen LogP contribution is 2.25. The minimum atomic E-state index is -2.85. The van der Waals surface area contributed by atoms with Gasteiger partial charge in [0.1, 0.15) is 17.5 Å². The molecule has 0 radical (unpaired) electrons. The normalized spacial score (nSPS) is 9.86. The molecule has 6 heteroatoms. The lowest BCUT2D eigenvalue weighted by Gasteiger charge is -2.05. The van der Waals surface area contributed by atoms with Gasteiger partial charge < -0.3 is 5.73 Å². The number of hydrogen-bond acceptors (Lipinski definition) is 4. The van der Waals surface area contributed by atoms with Crippen LogP contribution in [-0.2, 0) is 0 Å². The number of nitrogens with two attached hydrogens (primary N) is 1. The van der Waals surface area contributed by atoms with Crippen molar-refractivity contribution in [2.45, 2.75) is 6.43 Å². The van der Waals surface area contributed by atoms with Gasteiger partial charge in [0.15, 0.2) is 6.29 Å². The van der Waals surface area contributed by atoms with Gasteiger partial charge in [-0.25, -0.2) is 13.8 Å². The topological polar surface area (TPSA) is 79.8 Å². The monoisotopic (exact) mass is 197 g/mol. The molecule has 0 aliphatic carbocycles. The Bertz CT molecular complexity index is 412. The minimum absolute atomic E-state index is 0.179. The van der Waals surface area contributed by atoms with Crippen molar-refractivity contribution in [2.24, 2.45) is 0 Å². The minimum Gasteiger partial charge on any atom is -0.383 e. The summed E-state index contributed by atoms with van der Waals surface area (Å²) in [4.78, 5) is 13.9. The summed E-state index contributed by atoms with van der Waals surface area (Å²) in [6.45, 7) is 0. The zero-order valence-corrected chi connectivity index (χ0v) is 6.87. The molecule has 1 rings (SSSR count). The lowest BCUT2D eigenvalue weighted by Crippen LogP contribution is -2.04. The van der Waals surface area contributed by atoms with Crippen LogP contribution in [-0.4, -0.2) is 11.3 Å². The fourth-order valence-electron chi connectivity index (χ4n) is 0.974. The second-order valence-electron chi connectivity index (χ2n) is 2.42. The van der Waals surface area contributed by atoms with E-state index in [1.54, 1.807) is 6.07 Å². The van der Waals surface area contributed by atoms with Crippen molar-refractivity contribution in [2.75, 3.05) is 5.73 Å². The number of anilines is 1. The molecule has 0 aliphatic rings. The maximum Gasteiger partial charge on any atom is 0.266 e. The van der Waals surface area contributed by atoms with E-state index in [2.05, 4.69) is 4.98 Å². The molecule has 0 saturated carbocycles. The van der Waals surface area contributed by atoms with E-state index < -0.39 is 17.6 Å².